The molecule has 0 radical (unpaired) electrons. The maximum Gasteiger partial charge on any atom is 0.293 e. The van der Waals surface area contributed by atoms with Gasteiger partial charge in [0.05, 0.1) is 30.5 Å². The Morgan fingerprint density at radius 2 is 0.764 bits per heavy atom. The van der Waals surface area contributed by atoms with E-state index >= 15 is 0 Å². The maximum atomic E-state index is 10.4. The van der Waals surface area contributed by atoms with Crippen LogP contribution >= 0.6 is 15.9 Å². The molecule has 0 saturated carbocycles. The largest absolute Gasteiger partial charge is 0.498 e. The normalized spacial score (nSPS) is 12.5. The molecular weight excluding hydrogens is 748 g/mol. The Hall–Kier alpha value is -1.43. The molecule has 0 amide bonds. The maximum absolute atomic E-state index is 10.4. The van der Waals surface area contributed by atoms with E-state index in [0.717, 1.165) is 56.3 Å². The van der Waals surface area contributed by atoms with E-state index in [-0.39, 0.29) is 6.10 Å². The molecule has 0 aliphatic carbocycles. The van der Waals surface area contributed by atoms with Crippen molar-refractivity contribution in [2.45, 2.75) is 233 Å². The molecule has 0 aromatic heterocycles. The molecule has 0 aromatic rings. The standard InChI is InChI=1S/C27H49BrO4.C22H44O/c1-5-7-9-11-12-14-19-26(18-13-10-8-6-2)21-30-24(3)16-15-17-25(4)31-22-27(20-28)32-23-29;1-5-8-11-13-14-16-19-22(18-15-12-9-6-2)20-23-21(4)17-10-7-3/h23,26-27H,3-22H2,1-2H3;22H,4-20H2,1-3H3. The summed E-state index contributed by atoms with van der Waals surface area (Å²) in [7, 11) is 0. The van der Waals surface area contributed by atoms with Crippen molar-refractivity contribution in [2.75, 3.05) is 25.2 Å². The van der Waals surface area contributed by atoms with Crippen molar-refractivity contribution < 1.29 is 23.7 Å². The van der Waals surface area contributed by atoms with Gasteiger partial charge in [0.2, 0.25) is 0 Å². The summed E-state index contributed by atoms with van der Waals surface area (Å²) in [5.74, 6) is 3.97. The van der Waals surface area contributed by atoms with Gasteiger partial charge in [-0.2, -0.15) is 0 Å². The highest BCUT2D eigenvalue weighted by molar-refractivity contribution is 9.09. The second-order valence-electron chi connectivity index (χ2n) is 16.1. The van der Waals surface area contributed by atoms with Crippen LogP contribution < -0.4 is 0 Å². The first-order valence-corrected chi connectivity index (χ1v) is 24.5. The third-order valence-electron chi connectivity index (χ3n) is 10.5. The molecule has 5 nitrogen and oxygen atoms in total. The molecule has 0 aromatic carbocycles. The first kappa shape index (κ1) is 55.7. The molecule has 3 atom stereocenters. The minimum absolute atomic E-state index is 0.288. The van der Waals surface area contributed by atoms with E-state index in [0.29, 0.717) is 30.1 Å². The predicted octanol–water partition coefficient (Wildman–Crippen LogP) is 16.5. The summed E-state index contributed by atoms with van der Waals surface area (Å²) in [5.41, 5.74) is 0. The lowest BCUT2D eigenvalue weighted by molar-refractivity contribution is -0.134. The van der Waals surface area contributed by atoms with Crippen molar-refractivity contribution in [3.63, 3.8) is 0 Å². The minimum atomic E-state index is -0.288. The molecule has 55 heavy (non-hydrogen) atoms. The van der Waals surface area contributed by atoms with Gasteiger partial charge in [-0.1, -0.05) is 205 Å². The summed E-state index contributed by atoms with van der Waals surface area (Å²) < 4.78 is 22.5. The highest BCUT2D eigenvalue weighted by atomic mass is 79.9. The molecule has 3 unspecified atom stereocenters. The Kier molecular flexibility index (Phi) is 45.8. The number of rotatable bonds is 43. The van der Waals surface area contributed by atoms with Crippen molar-refractivity contribution >= 4 is 22.4 Å². The van der Waals surface area contributed by atoms with Gasteiger partial charge in [0.1, 0.15) is 12.7 Å². The Morgan fingerprint density at radius 1 is 0.455 bits per heavy atom. The quantitative estimate of drug-likeness (QED) is 0.0265. The number of carbonyl (C=O) groups is 1. The van der Waals surface area contributed by atoms with Gasteiger partial charge in [-0.25, -0.2) is 0 Å². The molecule has 0 heterocycles. The van der Waals surface area contributed by atoms with Crippen molar-refractivity contribution in [1.29, 1.82) is 0 Å². The van der Waals surface area contributed by atoms with E-state index in [9.17, 15) is 4.79 Å². The molecule has 0 spiro atoms. The van der Waals surface area contributed by atoms with Crippen LogP contribution in [0, 0.1) is 11.8 Å². The minimum Gasteiger partial charge on any atom is -0.498 e. The summed E-state index contributed by atoms with van der Waals surface area (Å²) in [5, 5.41) is 0.544. The van der Waals surface area contributed by atoms with Gasteiger partial charge < -0.3 is 18.9 Å². The van der Waals surface area contributed by atoms with Crippen molar-refractivity contribution in [3.8, 4) is 0 Å². The fraction of sp³-hybridized carbons (Fsp3) is 0.857. The van der Waals surface area contributed by atoms with Crippen LogP contribution in [0.25, 0.3) is 0 Å². The molecule has 326 valence electrons. The molecule has 0 aliphatic rings. The number of allylic oxidation sites excluding steroid dienone is 3. The number of hydrogen-bond donors (Lipinski definition) is 0. The second kappa shape index (κ2) is 45.3. The van der Waals surface area contributed by atoms with Gasteiger partial charge in [0, 0.05) is 24.6 Å². The lowest BCUT2D eigenvalue weighted by Gasteiger charge is -2.19. The fourth-order valence-electron chi connectivity index (χ4n) is 6.72. The van der Waals surface area contributed by atoms with Crippen LogP contribution in [-0.4, -0.2) is 37.7 Å². The van der Waals surface area contributed by atoms with E-state index < -0.39 is 0 Å². The van der Waals surface area contributed by atoms with Crippen LogP contribution in [0.5, 0.6) is 0 Å². The molecule has 6 heteroatoms. The van der Waals surface area contributed by atoms with Crippen molar-refractivity contribution in [2.24, 2.45) is 11.8 Å². The van der Waals surface area contributed by atoms with Crippen molar-refractivity contribution in [1.82, 2.24) is 0 Å². The van der Waals surface area contributed by atoms with Crippen LogP contribution in [0.15, 0.2) is 37.0 Å². The SMILES string of the molecule is C=C(CCCC(=C)OCC(CBr)OC=O)OCC(CCCCCC)CCCCCCCC.C=C(CCCC)OCC(CCCCCC)CCCCCCCC. The first-order valence-electron chi connectivity index (χ1n) is 23.4. The van der Waals surface area contributed by atoms with Gasteiger partial charge in [0.25, 0.3) is 6.47 Å². The topological polar surface area (TPSA) is 54.0 Å². The van der Waals surface area contributed by atoms with Gasteiger partial charge in [-0.05, 0) is 50.4 Å². The Labute approximate surface area is 352 Å². The molecule has 0 saturated heterocycles. The van der Waals surface area contributed by atoms with E-state index in [4.69, 9.17) is 18.9 Å². The second-order valence-corrected chi connectivity index (χ2v) is 16.7. The summed E-state index contributed by atoms with van der Waals surface area (Å²) >= 11 is 3.30. The van der Waals surface area contributed by atoms with E-state index in [1.807, 2.05) is 0 Å². The molecule has 0 fully saturated rings. The average molecular weight is 842 g/mol. The third kappa shape index (κ3) is 42.0. The number of unbranched alkanes of at least 4 members (excludes halogenated alkanes) is 17. The van der Waals surface area contributed by atoms with Gasteiger partial charge in [0.15, 0.2) is 0 Å². The smallest absolute Gasteiger partial charge is 0.293 e. The lowest BCUT2D eigenvalue weighted by atomic mass is 9.95. The molecular formula is C49H93BrO5. The lowest BCUT2D eigenvalue weighted by Crippen LogP contribution is -2.20. The predicted molar refractivity (Wildman–Crippen MR) is 244 cm³/mol. The number of ether oxygens (including phenoxy) is 4. The summed E-state index contributed by atoms with van der Waals surface area (Å²) in [6.45, 7) is 25.9. The number of halogens is 1. The van der Waals surface area contributed by atoms with Gasteiger partial charge in [-0.15, -0.1) is 0 Å². The van der Waals surface area contributed by atoms with Crippen LogP contribution in [0.2, 0.25) is 0 Å². The Balaban J connectivity index is 0. The van der Waals surface area contributed by atoms with E-state index in [1.54, 1.807) is 0 Å². The first-order chi connectivity index (χ1) is 26.8. The molecule has 0 aliphatic heterocycles. The van der Waals surface area contributed by atoms with Crippen LogP contribution in [0.1, 0.15) is 227 Å². The summed E-state index contributed by atoms with van der Waals surface area (Å²) in [4.78, 5) is 10.4. The number of alkyl halides is 1. The third-order valence-corrected chi connectivity index (χ3v) is 11.2. The fourth-order valence-corrected chi connectivity index (χ4v) is 7.06. The van der Waals surface area contributed by atoms with E-state index in [1.165, 1.54) is 167 Å². The zero-order valence-electron chi connectivity index (χ0n) is 37.4. The Bertz CT molecular complexity index is 845. The van der Waals surface area contributed by atoms with Crippen LogP contribution in [0.3, 0.4) is 0 Å². The summed E-state index contributed by atoms with van der Waals surface area (Å²) in [6, 6.07) is 0. The number of hydrogen-bond acceptors (Lipinski definition) is 5. The average Bonchev–Trinajstić information content (AvgIpc) is 3.19. The highest BCUT2D eigenvalue weighted by Crippen LogP contribution is 2.23. The zero-order valence-corrected chi connectivity index (χ0v) is 39.0. The number of carbonyl (C=O) groups excluding carboxylic acids is 1. The van der Waals surface area contributed by atoms with Gasteiger partial charge >= 0.3 is 0 Å². The molecule has 0 rings (SSSR count). The molecule has 0 N–H and O–H groups in total. The monoisotopic (exact) mass is 841 g/mol. The zero-order chi connectivity index (χ0) is 41.0. The highest BCUT2D eigenvalue weighted by Gasteiger charge is 2.13. The Morgan fingerprint density at radius 3 is 1.11 bits per heavy atom. The van der Waals surface area contributed by atoms with Crippen LogP contribution in [-0.2, 0) is 23.7 Å². The molecule has 0 bridgehead atoms. The summed E-state index contributed by atoms with van der Waals surface area (Å²) in [6.07, 6.45) is 38.0. The van der Waals surface area contributed by atoms with Crippen molar-refractivity contribution in [3.05, 3.63) is 37.0 Å². The van der Waals surface area contributed by atoms with Crippen LogP contribution in [0.4, 0.5) is 0 Å². The van der Waals surface area contributed by atoms with E-state index in [2.05, 4.69) is 70.3 Å². The van der Waals surface area contributed by atoms with Gasteiger partial charge in [-0.3, -0.25) is 4.79 Å².